The van der Waals surface area contributed by atoms with Gasteiger partial charge in [-0.05, 0) is 31.2 Å². The lowest BCUT2D eigenvalue weighted by Crippen LogP contribution is -2.13. The minimum atomic E-state index is -0.628. The number of nitrogens with zero attached hydrogens (tertiary/aromatic N) is 2. The second kappa shape index (κ2) is 6.41. The van der Waals surface area contributed by atoms with E-state index >= 15 is 0 Å². The molecule has 3 aromatic rings. The van der Waals surface area contributed by atoms with Gasteiger partial charge < -0.3 is 15.5 Å². The van der Waals surface area contributed by atoms with Gasteiger partial charge in [0.15, 0.2) is 11.4 Å². The first kappa shape index (κ1) is 15.5. The molecule has 3 N–H and O–H groups in total. The number of carbonyl (C=O) groups is 2. The van der Waals surface area contributed by atoms with Crippen molar-refractivity contribution in [3.63, 3.8) is 0 Å². The van der Waals surface area contributed by atoms with Crippen molar-refractivity contribution in [3.05, 3.63) is 65.7 Å². The first-order valence-electron chi connectivity index (χ1n) is 7.42. The van der Waals surface area contributed by atoms with Crippen molar-refractivity contribution < 1.29 is 14.3 Å². The smallest absolute Gasteiger partial charge is 0.359 e. The van der Waals surface area contributed by atoms with Crippen LogP contribution in [0.3, 0.4) is 0 Å². The van der Waals surface area contributed by atoms with Crippen LogP contribution >= 0.6 is 0 Å². The number of nitrogen functional groups attached to an aromatic ring is 1. The third-order valence-corrected chi connectivity index (χ3v) is 3.45. The largest absolute Gasteiger partial charge is 0.461 e. The molecule has 0 spiro atoms. The van der Waals surface area contributed by atoms with Crippen molar-refractivity contribution in [2.45, 2.75) is 6.92 Å². The minimum absolute atomic E-state index is 0.00287. The molecule has 2 aromatic heterocycles. The zero-order chi connectivity index (χ0) is 17.1. The number of rotatable bonds is 5. The van der Waals surface area contributed by atoms with E-state index < -0.39 is 11.8 Å². The topological polar surface area (TPSA) is 103 Å². The molecule has 0 saturated carbocycles. The fourth-order valence-corrected chi connectivity index (χ4v) is 2.35. The molecule has 0 bridgehead atoms. The number of nitrogens with two attached hydrogens (primary N) is 1. The van der Waals surface area contributed by atoms with E-state index in [1.165, 1.54) is 4.68 Å². The normalized spacial score (nSPS) is 10.5. The van der Waals surface area contributed by atoms with Crippen LogP contribution in [0, 0.1) is 0 Å². The standard InChI is InChI=1S/C17H16N4O3/c1-2-24-17(23)15-13(18)14(16(22)12-9-6-10-19-12)20-21(15)11-7-4-3-5-8-11/h3-10,19H,2,18H2,1H3. The van der Waals surface area contributed by atoms with Gasteiger partial charge in [-0.1, -0.05) is 18.2 Å². The lowest BCUT2D eigenvalue weighted by atomic mass is 10.1. The van der Waals surface area contributed by atoms with E-state index in [1.807, 2.05) is 6.07 Å². The first-order chi connectivity index (χ1) is 11.6. The van der Waals surface area contributed by atoms with Gasteiger partial charge in [-0.3, -0.25) is 4.79 Å². The van der Waals surface area contributed by atoms with Crippen molar-refractivity contribution in [1.29, 1.82) is 0 Å². The van der Waals surface area contributed by atoms with E-state index in [9.17, 15) is 9.59 Å². The van der Waals surface area contributed by atoms with E-state index in [1.54, 1.807) is 49.5 Å². The molecule has 7 heteroatoms. The number of ketones is 1. The summed E-state index contributed by atoms with van der Waals surface area (Å²) in [5.41, 5.74) is 7.05. The maximum atomic E-state index is 12.6. The highest BCUT2D eigenvalue weighted by Gasteiger charge is 2.28. The second-order valence-electron chi connectivity index (χ2n) is 4.99. The predicted molar refractivity (Wildman–Crippen MR) is 88.2 cm³/mol. The van der Waals surface area contributed by atoms with Crippen LogP contribution in [0.4, 0.5) is 5.69 Å². The highest BCUT2D eigenvalue weighted by Crippen LogP contribution is 2.24. The number of para-hydroxylation sites is 1. The molecule has 3 rings (SSSR count). The molecular weight excluding hydrogens is 308 g/mol. The van der Waals surface area contributed by atoms with Gasteiger partial charge in [0.25, 0.3) is 0 Å². The maximum Gasteiger partial charge on any atom is 0.359 e. The van der Waals surface area contributed by atoms with Gasteiger partial charge in [0.05, 0.1) is 23.7 Å². The van der Waals surface area contributed by atoms with Gasteiger partial charge in [-0.25, -0.2) is 9.48 Å². The summed E-state index contributed by atoms with van der Waals surface area (Å²) in [7, 11) is 0. The lowest BCUT2D eigenvalue weighted by Gasteiger charge is -2.07. The Morgan fingerprint density at radius 2 is 1.96 bits per heavy atom. The Labute approximate surface area is 138 Å². The van der Waals surface area contributed by atoms with E-state index in [-0.39, 0.29) is 23.7 Å². The molecule has 0 aliphatic rings. The molecule has 2 heterocycles. The monoisotopic (exact) mass is 324 g/mol. The fraction of sp³-hybridized carbons (Fsp3) is 0.118. The summed E-state index contributed by atoms with van der Waals surface area (Å²) in [5.74, 6) is -1.02. The van der Waals surface area contributed by atoms with Crippen LogP contribution in [0.2, 0.25) is 0 Å². The van der Waals surface area contributed by atoms with Crippen LogP contribution in [-0.2, 0) is 4.74 Å². The molecule has 0 amide bonds. The van der Waals surface area contributed by atoms with Gasteiger partial charge in [-0.2, -0.15) is 5.10 Å². The number of carbonyl (C=O) groups excluding carboxylic acids is 2. The number of hydrogen-bond acceptors (Lipinski definition) is 5. The zero-order valence-corrected chi connectivity index (χ0v) is 13.0. The number of anilines is 1. The molecule has 0 atom stereocenters. The van der Waals surface area contributed by atoms with Gasteiger partial charge in [0.2, 0.25) is 5.78 Å². The summed E-state index contributed by atoms with van der Waals surface area (Å²) in [6.07, 6.45) is 1.63. The molecule has 122 valence electrons. The van der Waals surface area contributed by atoms with Crippen LogP contribution in [-0.4, -0.2) is 33.1 Å². The number of ether oxygens (including phenoxy) is 1. The summed E-state index contributed by atoms with van der Waals surface area (Å²) < 4.78 is 6.39. The number of esters is 1. The first-order valence-corrected chi connectivity index (χ1v) is 7.42. The molecule has 0 aliphatic carbocycles. The Bertz CT molecular complexity index is 867. The Morgan fingerprint density at radius 1 is 1.21 bits per heavy atom. The minimum Gasteiger partial charge on any atom is -0.461 e. The van der Waals surface area contributed by atoms with Gasteiger partial charge >= 0.3 is 5.97 Å². The maximum absolute atomic E-state index is 12.6. The number of H-pyrrole nitrogens is 1. The molecule has 1 aromatic carbocycles. The Hall–Kier alpha value is -3.35. The molecule has 0 unspecified atom stereocenters. The average Bonchev–Trinajstić information content (AvgIpc) is 3.23. The number of benzene rings is 1. The summed E-state index contributed by atoms with van der Waals surface area (Å²) in [4.78, 5) is 27.7. The summed E-state index contributed by atoms with van der Waals surface area (Å²) in [5, 5.41) is 4.26. The molecular formula is C17H16N4O3. The van der Waals surface area contributed by atoms with Crippen LogP contribution < -0.4 is 5.73 Å². The quantitative estimate of drug-likeness (QED) is 0.553. The molecule has 0 aliphatic heterocycles. The summed E-state index contributed by atoms with van der Waals surface area (Å²) >= 11 is 0. The van der Waals surface area contributed by atoms with E-state index in [4.69, 9.17) is 10.5 Å². The summed E-state index contributed by atoms with van der Waals surface area (Å²) in [6, 6.07) is 12.3. The Morgan fingerprint density at radius 3 is 2.58 bits per heavy atom. The molecule has 0 fully saturated rings. The molecule has 7 nitrogen and oxygen atoms in total. The third kappa shape index (κ3) is 2.67. The number of aromatic nitrogens is 3. The van der Waals surface area contributed by atoms with Crippen molar-refractivity contribution in [1.82, 2.24) is 14.8 Å². The highest BCUT2D eigenvalue weighted by atomic mass is 16.5. The van der Waals surface area contributed by atoms with Crippen molar-refractivity contribution in [2.75, 3.05) is 12.3 Å². The predicted octanol–water partition coefficient (Wildman–Crippen LogP) is 2.19. The molecule has 0 saturated heterocycles. The Balaban J connectivity index is 2.16. The fourth-order valence-electron chi connectivity index (χ4n) is 2.35. The average molecular weight is 324 g/mol. The van der Waals surface area contributed by atoms with Crippen molar-refractivity contribution in [3.8, 4) is 5.69 Å². The number of aromatic amines is 1. The number of hydrogen-bond donors (Lipinski definition) is 2. The Kier molecular flexibility index (Phi) is 4.15. The van der Waals surface area contributed by atoms with Crippen LogP contribution in [0.15, 0.2) is 48.7 Å². The molecule has 24 heavy (non-hydrogen) atoms. The van der Waals surface area contributed by atoms with E-state index in [0.717, 1.165) is 0 Å². The summed E-state index contributed by atoms with van der Waals surface area (Å²) in [6.45, 7) is 1.89. The third-order valence-electron chi connectivity index (χ3n) is 3.45. The van der Waals surface area contributed by atoms with Crippen LogP contribution in [0.5, 0.6) is 0 Å². The van der Waals surface area contributed by atoms with E-state index in [0.29, 0.717) is 11.4 Å². The SMILES string of the molecule is CCOC(=O)c1c(N)c(C(=O)c2ccc[nH]2)nn1-c1ccccc1. The van der Waals surface area contributed by atoms with Gasteiger partial charge in [-0.15, -0.1) is 0 Å². The van der Waals surface area contributed by atoms with Gasteiger partial charge in [0, 0.05) is 6.20 Å². The van der Waals surface area contributed by atoms with Gasteiger partial charge in [0.1, 0.15) is 0 Å². The lowest BCUT2D eigenvalue weighted by molar-refractivity contribution is 0.0517. The number of nitrogens with one attached hydrogen (secondary N) is 1. The highest BCUT2D eigenvalue weighted by molar-refractivity contribution is 6.12. The van der Waals surface area contributed by atoms with Crippen LogP contribution in [0.1, 0.15) is 33.6 Å². The van der Waals surface area contributed by atoms with Crippen LogP contribution in [0.25, 0.3) is 5.69 Å². The van der Waals surface area contributed by atoms with E-state index in [2.05, 4.69) is 10.1 Å². The molecule has 0 radical (unpaired) electrons. The zero-order valence-electron chi connectivity index (χ0n) is 13.0. The second-order valence-corrected chi connectivity index (χ2v) is 4.99. The van der Waals surface area contributed by atoms with Crippen molar-refractivity contribution in [2.24, 2.45) is 0 Å². The van der Waals surface area contributed by atoms with Crippen molar-refractivity contribution >= 4 is 17.4 Å².